The normalized spacial score (nSPS) is 17.5. The van der Waals surface area contributed by atoms with Crippen molar-refractivity contribution in [3.8, 4) is 0 Å². The molecule has 82 valence electrons. The fourth-order valence-electron chi connectivity index (χ4n) is 1.71. The first-order valence-electron chi connectivity index (χ1n) is 5.38. The summed E-state index contributed by atoms with van der Waals surface area (Å²) in [6.45, 7) is 5.18. The smallest absolute Gasteiger partial charge is 0.137 e. The van der Waals surface area contributed by atoms with E-state index in [1.807, 2.05) is 6.92 Å². The fourth-order valence-corrected chi connectivity index (χ4v) is 1.84. The minimum atomic E-state index is 0.518. The molecule has 0 radical (unpaired) electrons. The predicted octanol–water partition coefficient (Wildman–Crippen LogP) is 3.04. The zero-order chi connectivity index (χ0) is 10.9. The van der Waals surface area contributed by atoms with Crippen LogP contribution in [0.1, 0.15) is 31.7 Å². The molecule has 1 saturated carbocycles. The van der Waals surface area contributed by atoms with Crippen molar-refractivity contribution in [1.82, 2.24) is 9.97 Å². The van der Waals surface area contributed by atoms with E-state index in [2.05, 4.69) is 22.2 Å². The van der Waals surface area contributed by atoms with Crippen LogP contribution in [-0.2, 0) is 0 Å². The number of hydrogen-bond acceptors (Lipinski definition) is 3. The quantitative estimate of drug-likeness (QED) is 0.801. The highest BCUT2D eigenvalue weighted by Gasteiger charge is 2.40. The first-order chi connectivity index (χ1) is 7.17. The summed E-state index contributed by atoms with van der Waals surface area (Å²) < 4.78 is 0. The van der Waals surface area contributed by atoms with Crippen molar-refractivity contribution in [1.29, 1.82) is 0 Å². The lowest BCUT2D eigenvalue weighted by Gasteiger charge is -2.15. The second-order valence-electron chi connectivity index (χ2n) is 4.35. The van der Waals surface area contributed by atoms with E-state index >= 15 is 0 Å². The number of halogens is 1. The van der Waals surface area contributed by atoms with Crippen molar-refractivity contribution in [2.24, 2.45) is 5.41 Å². The molecule has 4 heteroatoms. The maximum Gasteiger partial charge on any atom is 0.137 e. The van der Waals surface area contributed by atoms with Gasteiger partial charge in [0.1, 0.15) is 17.3 Å². The summed E-state index contributed by atoms with van der Waals surface area (Å²) in [5.74, 6) is 0.870. The van der Waals surface area contributed by atoms with Gasteiger partial charge in [-0.15, -0.1) is 0 Å². The molecule has 1 aromatic heterocycles. The van der Waals surface area contributed by atoms with Crippen molar-refractivity contribution >= 4 is 17.4 Å². The number of nitrogens with one attached hydrogen (secondary N) is 1. The Kier molecular flexibility index (Phi) is 2.83. The summed E-state index contributed by atoms with van der Waals surface area (Å²) in [5, 5.41) is 3.91. The van der Waals surface area contributed by atoms with Crippen LogP contribution in [0.3, 0.4) is 0 Å². The highest BCUT2D eigenvalue weighted by molar-refractivity contribution is 6.30. The Morgan fingerprint density at radius 3 is 2.80 bits per heavy atom. The highest BCUT2D eigenvalue weighted by Crippen LogP contribution is 2.48. The summed E-state index contributed by atoms with van der Waals surface area (Å²) >= 11 is 5.92. The maximum absolute atomic E-state index is 5.92. The van der Waals surface area contributed by atoms with Crippen molar-refractivity contribution in [3.63, 3.8) is 0 Å². The van der Waals surface area contributed by atoms with Crippen LogP contribution >= 0.6 is 11.6 Å². The molecule has 0 saturated heterocycles. The van der Waals surface area contributed by atoms with Gasteiger partial charge in [0.15, 0.2) is 0 Å². The number of aromatic nitrogens is 2. The lowest BCUT2D eigenvalue weighted by Crippen LogP contribution is -2.16. The SMILES string of the molecule is CCC1(CNc2ncnc(Cl)c2C)CC1. The van der Waals surface area contributed by atoms with Crippen LogP contribution in [0.25, 0.3) is 0 Å². The summed E-state index contributed by atoms with van der Waals surface area (Å²) in [6, 6.07) is 0. The minimum Gasteiger partial charge on any atom is -0.369 e. The van der Waals surface area contributed by atoms with E-state index in [9.17, 15) is 0 Å². The largest absolute Gasteiger partial charge is 0.369 e. The van der Waals surface area contributed by atoms with Crippen LogP contribution in [0.15, 0.2) is 6.33 Å². The van der Waals surface area contributed by atoms with Gasteiger partial charge in [-0.05, 0) is 31.6 Å². The Balaban J connectivity index is 2.02. The van der Waals surface area contributed by atoms with Crippen molar-refractivity contribution < 1.29 is 0 Å². The van der Waals surface area contributed by atoms with E-state index in [1.165, 1.54) is 25.6 Å². The molecule has 0 unspecified atom stereocenters. The van der Waals surface area contributed by atoms with Gasteiger partial charge < -0.3 is 5.32 Å². The van der Waals surface area contributed by atoms with Crippen LogP contribution in [0.4, 0.5) is 5.82 Å². The van der Waals surface area contributed by atoms with E-state index in [0.717, 1.165) is 17.9 Å². The van der Waals surface area contributed by atoms with Gasteiger partial charge in [0.05, 0.1) is 0 Å². The van der Waals surface area contributed by atoms with Crippen molar-refractivity contribution in [3.05, 3.63) is 17.0 Å². The average Bonchev–Trinajstić information content (AvgIpc) is 3.01. The predicted molar refractivity (Wildman–Crippen MR) is 62.2 cm³/mol. The van der Waals surface area contributed by atoms with Gasteiger partial charge in [-0.25, -0.2) is 9.97 Å². The van der Waals surface area contributed by atoms with Gasteiger partial charge in [0.25, 0.3) is 0 Å². The van der Waals surface area contributed by atoms with Gasteiger partial charge in [-0.2, -0.15) is 0 Å². The molecule has 2 rings (SSSR count). The Morgan fingerprint density at radius 2 is 2.20 bits per heavy atom. The number of anilines is 1. The summed E-state index contributed by atoms with van der Waals surface area (Å²) in [4.78, 5) is 8.13. The van der Waals surface area contributed by atoms with Crippen LogP contribution in [0.5, 0.6) is 0 Å². The molecule has 3 nitrogen and oxygen atoms in total. The summed E-state index contributed by atoms with van der Waals surface area (Å²) in [7, 11) is 0. The zero-order valence-corrected chi connectivity index (χ0v) is 9.93. The van der Waals surface area contributed by atoms with Gasteiger partial charge >= 0.3 is 0 Å². The zero-order valence-electron chi connectivity index (χ0n) is 9.18. The average molecular weight is 226 g/mol. The van der Waals surface area contributed by atoms with Crippen LogP contribution in [0, 0.1) is 12.3 Å². The standard InChI is InChI=1S/C11H16ClN3/c1-3-11(4-5-11)6-13-10-8(2)9(12)14-7-15-10/h7H,3-6H2,1-2H3,(H,13,14,15). The van der Waals surface area contributed by atoms with Crippen molar-refractivity contribution in [2.75, 3.05) is 11.9 Å². The molecular formula is C11H16ClN3. The Labute approximate surface area is 95.3 Å². The number of hydrogen-bond donors (Lipinski definition) is 1. The molecule has 0 aromatic carbocycles. The fraction of sp³-hybridized carbons (Fsp3) is 0.636. The summed E-state index contributed by atoms with van der Waals surface area (Å²) in [5.41, 5.74) is 1.45. The third-order valence-corrected chi connectivity index (χ3v) is 3.74. The highest BCUT2D eigenvalue weighted by atomic mass is 35.5. The lowest BCUT2D eigenvalue weighted by atomic mass is 10.0. The molecule has 0 amide bonds. The van der Waals surface area contributed by atoms with Gasteiger partial charge in [0.2, 0.25) is 0 Å². The van der Waals surface area contributed by atoms with Gasteiger partial charge in [-0.3, -0.25) is 0 Å². The molecule has 1 aliphatic carbocycles. The molecule has 0 aliphatic heterocycles. The molecule has 0 bridgehead atoms. The van der Waals surface area contributed by atoms with E-state index in [-0.39, 0.29) is 0 Å². The second-order valence-corrected chi connectivity index (χ2v) is 4.70. The Bertz CT molecular complexity index is 361. The third-order valence-electron chi connectivity index (χ3n) is 3.36. The molecule has 1 heterocycles. The van der Waals surface area contributed by atoms with E-state index in [0.29, 0.717) is 10.6 Å². The molecule has 0 spiro atoms. The molecule has 15 heavy (non-hydrogen) atoms. The molecule has 1 aromatic rings. The van der Waals surface area contributed by atoms with Gasteiger partial charge in [-0.1, -0.05) is 18.5 Å². The molecule has 1 aliphatic rings. The Morgan fingerprint density at radius 1 is 1.47 bits per heavy atom. The first kappa shape index (κ1) is 10.7. The van der Waals surface area contributed by atoms with E-state index in [4.69, 9.17) is 11.6 Å². The lowest BCUT2D eigenvalue weighted by molar-refractivity contribution is 0.520. The number of nitrogens with zero attached hydrogens (tertiary/aromatic N) is 2. The van der Waals surface area contributed by atoms with Crippen LogP contribution in [-0.4, -0.2) is 16.5 Å². The van der Waals surface area contributed by atoms with Crippen molar-refractivity contribution in [2.45, 2.75) is 33.1 Å². The molecular weight excluding hydrogens is 210 g/mol. The summed E-state index contributed by atoms with van der Waals surface area (Å²) in [6.07, 6.45) is 5.39. The van der Waals surface area contributed by atoms with Crippen LogP contribution < -0.4 is 5.32 Å². The molecule has 0 atom stereocenters. The third kappa shape index (κ3) is 2.23. The monoisotopic (exact) mass is 225 g/mol. The van der Waals surface area contributed by atoms with E-state index in [1.54, 1.807) is 0 Å². The van der Waals surface area contributed by atoms with Crippen LogP contribution in [0.2, 0.25) is 5.15 Å². The first-order valence-corrected chi connectivity index (χ1v) is 5.76. The number of rotatable bonds is 4. The minimum absolute atomic E-state index is 0.518. The maximum atomic E-state index is 5.92. The molecule has 1 N–H and O–H groups in total. The Hall–Kier alpha value is -0.830. The molecule has 1 fully saturated rings. The topological polar surface area (TPSA) is 37.8 Å². The van der Waals surface area contributed by atoms with E-state index < -0.39 is 0 Å². The van der Waals surface area contributed by atoms with Gasteiger partial charge in [0, 0.05) is 12.1 Å². The second kappa shape index (κ2) is 3.97.